The van der Waals surface area contributed by atoms with Crippen molar-refractivity contribution < 1.29 is 0 Å². The largest absolute Gasteiger partial charge is 0.313 e. The Hall–Kier alpha value is -0.0800. The summed E-state index contributed by atoms with van der Waals surface area (Å²) in [4.78, 5) is 2.36. The highest BCUT2D eigenvalue weighted by Gasteiger charge is 2.06. The summed E-state index contributed by atoms with van der Waals surface area (Å²) in [5, 5.41) is 3.54. The van der Waals surface area contributed by atoms with Crippen LogP contribution in [0.5, 0.6) is 0 Å². The van der Waals surface area contributed by atoms with E-state index in [9.17, 15) is 0 Å². The smallest absolute Gasteiger partial charge is 0.0192 e. The molecule has 0 heterocycles. The Morgan fingerprint density at radius 1 is 1.25 bits per heavy atom. The van der Waals surface area contributed by atoms with Gasteiger partial charge in [0.15, 0.2) is 0 Å². The van der Waals surface area contributed by atoms with Crippen molar-refractivity contribution in [2.75, 3.05) is 26.7 Å². The lowest BCUT2D eigenvalue weighted by Gasteiger charge is -2.22. The molecule has 1 atom stereocenters. The number of likely N-dealkylation sites (N-methyl/N-ethyl adjacent to an activating group) is 1. The number of rotatable bonds is 7. The first kappa shape index (κ1) is 11.9. The lowest BCUT2D eigenvalue weighted by molar-refractivity contribution is 0.296. The molecule has 0 saturated carbocycles. The summed E-state index contributed by atoms with van der Waals surface area (Å²) in [6.07, 6.45) is 2.46. The van der Waals surface area contributed by atoms with Gasteiger partial charge in [-0.2, -0.15) is 0 Å². The lowest BCUT2D eigenvalue weighted by atomic mass is 10.2. The van der Waals surface area contributed by atoms with E-state index in [4.69, 9.17) is 0 Å². The summed E-state index contributed by atoms with van der Waals surface area (Å²) in [5.41, 5.74) is 0. The molecule has 0 fully saturated rings. The maximum Gasteiger partial charge on any atom is 0.0192 e. The first-order chi connectivity index (χ1) is 5.74. The van der Waals surface area contributed by atoms with Gasteiger partial charge in [0.25, 0.3) is 0 Å². The van der Waals surface area contributed by atoms with Crippen LogP contribution in [0.4, 0.5) is 0 Å². The maximum absolute atomic E-state index is 3.54. The molecule has 1 unspecified atom stereocenters. The second-order valence-electron chi connectivity index (χ2n) is 3.41. The van der Waals surface area contributed by atoms with Crippen LogP contribution in [0.1, 0.15) is 33.6 Å². The highest BCUT2D eigenvalue weighted by molar-refractivity contribution is 4.67. The summed E-state index contributed by atoms with van der Waals surface area (Å²) in [5.74, 6) is 0. The van der Waals surface area contributed by atoms with E-state index in [0.717, 1.165) is 13.1 Å². The lowest BCUT2D eigenvalue weighted by Crippen LogP contribution is -2.39. The minimum Gasteiger partial charge on any atom is -0.313 e. The van der Waals surface area contributed by atoms with E-state index in [1.165, 1.54) is 19.4 Å². The fraction of sp³-hybridized carbons (Fsp3) is 1.00. The SMILES string of the molecule is CCCNC(CC)CN(C)CC. The molecule has 0 radical (unpaired) electrons. The van der Waals surface area contributed by atoms with Crippen LogP contribution in [0.25, 0.3) is 0 Å². The summed E-state index contributed by atoms with van der Waals surface area (Å²) < 4.78 is 0. The van der Waals surface area contributed by atoms with E-state index in [1.807, 2.05) is 0 Å². The van der Waals surface area contributed by atoms with Crippen molar-refractivity contribution in [2.45, 2.75) is 39.7 Å². The first-order valence-corrected chi connectivity index (χ1v) is 5.16. The highest BCUT2D eigenvalue weighted by Crippen LogP contribution is 1.94. The third-order valence-corrected chi connectivity index (χ3v) is 2.25. The molecule has 0 rings (SSSR count). The predicted molar refractivity (Wildman–Crippen MR) is 55.5 cm³/mol. The molecule has 0 saturated heterocycles. The molecule has 0 aromatic rings. The van der Waals surface area contributed by atoms with Crippen LogP contribution in [0.3, 0.4) is 0 Å². The third-order valence-electron chi connectivity index (χ3n) is 2.25. The van der Waals surface area contributed by atoms with Crippen molar-refractivity contribution in [3.8, 4) is 0 Å². The zero-order valence-corrected chi connectivity index (χ0v) is 9.06. The quantitative estimate of drug-likeness (QED) is 0.629. The van der Waals surface area contributed by atoms with Crippen molar-refractivity contribution >= 4 is 0 Å². The van der Waals surface area contributed by atoms with Gasteiger partial charge in [-0.15, -0.1) is 0 Å². The standard InChI is InChI=1S/C10H24N2/c1-5-8-11-10(6-2)9-12(4)7-3/h10-11H,5-9H2,1-4H3. The summed E-state index contributed by atoms with van der Waals surface area (Å²) >= 11 is 0. The van der Waals surface area contributed by atoms with Crippen LogP contribution in [0.15, 0.2) is 0 Å². The fourth-order valence-corrected chi connectivity index (χ4v) is 1.19. The predicted octanol–water partition coefficient (Wildman–Crippen LogP) is 1.72. The summed E-state index contributed by atoms with van der Waals surface area (Å²) in [6, 6.07) is 0.676. The van der Waals surface area contributed by atoms with Crippen molar-refractivity contribution in [1.82, 2.24) is 10.2 Å². The normalized spacial score (nSPS) is 13.8. The molecular formula is C10H24N2. The van der Waals surface area contributed by atoms with Crippen LogP contribution >= 0.6 is 0 Å². The number of hydrogen-bond donors (Lipinski definition) is 1. The highest BCUT2D eigenvalue weighted by atomic mass is 15.1. The van der Waals surface area contributed by atoms with Gasteiger partial charge >= 0.3 is 0 Å². The van der Waals surface area contributed by atoms with Crippen molar-refractivity contribution in [2.24, 2.45) is 0 Å². The van der Waals surface area contributed by atoms with E-state index in [0.29, 0.717) is 6.04 Å². The van der Waals surface area contributed by atoms with Crippen molar-refractivity contribution in [1.29, 1.82) is 0 Å². The Morgan fingerprint density at radius 2 is 1.92 bits per heavy atom. The molecule has 0 bridgehead atoms. The van der Waals surface area contributed by atoms with Crippen molar-refractivity contribution in [3.63, 3.8) is 0 Å². The molecule has 1 N–H and O–H groups in total. The molecule has 2 nitrogen and oxygen atoms in total. The van der Waals surface area contributed by atoms with Crippen LogP contribution in [0, 0.1) is 0 Å². The molecule has 0 aromatic heterocycles. The number of nitrogens with zero attached hydrogens (tertiary/aromatic N) is 1. The molecule has 12 heavy (non-hydrogen) atoms. The second kappa shape index (κ2) is 7.56. The number of hydrogen-bond acceptors (Lipinski definition) is 2. The van der Waals surface area contributed by atoms with E-state index in [2.05, 4.69) is 38.0 Å². The van der Waals surface area contributed by atoms with Gasteiger partial charge in [-0.1, -0.05) is 20.8 Å². The van der Waals surface area contributed by atoms with Crippen LogP contribution in [0.2, 0.25) is 0 Å². The molecule has 74 valence electrons. The van der Waals surface area contributed by atoms with Gasteiger partial charge in [-0.3, -0.25) is 0 Å². The van der Waals surface area contributed by atoms with Crippen LogP contribution in [-0.2, 0) is 0 Å². The van der Waals surface area contributed by atoms with E-state index in [1.54, 1.807) is 0 Å². The van der Waals surface area contributed by atoms with Crippen LogP contribution in [-0.4, -0.2) is 37.6 Å². The van der Waals surface area contributed by atoms with Crippen LogP contribution < -0.4 is 5.32 Å². The second-order valence-corrected chi connectivity index (χ2v) is 3.41. The molecular weight excluding hydrogens is 148 g/mol. The third kappa shape index (κ3) is 5.56. The zero-order valence-electron chi connectivity index (χ0n) is 9.06. The van der Waals surface area contributed by atoms with Gasteiger partial charge in [0.05, 0.1) is 0 Å². The molecule has 0 aliphatic carbocycles. The Bertz CT molecular complexity index is 93.8. The van der Waals surface area contributed by atoms with Gasteiger partial charge in [-0.25, -0.2) is 0 Å². The monoisotopic (exact) mass is 172 g/mol. The van der Waals surface area contributed by atoms with Crippen molar-refractivity contribution in [3.05, 3.63) is 0 Å². The maximum atomic E-state index is 3.54. The summed E-state index contributed by atoms with van der Waals surface area (Å²) in [7, 11) is 2.18. The fourth-order valence-electron chi connectivity index (χ4n) is 1.19. The van der Waals surface area contributed by atoms with Gasteiger partial charge < -0.3 is 10.2 Å². The van der Waals surface area contributed by atoms with Gasteiger partial charge in [0, 0.05) is 12.6 Å². The number of nitrogens with one attached hydrogen (secondary N) is 1. The van der Waals surface area contributed by atoms with E-state index in [-0.39, 0.29) is 0 Å². The molecule has 0 amide bonds. The first-order valence-electron chi connectivity index (χ1n) is 5.16. The van der Waals surface area contributed by atoms with Gasteiger partial charge in [0.2, 0.25) is 0 Å². The Labute approximate surface area is 77.3 Å². The Balaban J connectivity index is 3.51. The average molecular weight is 172 g/mol. The van der Waals surface area contributed by atoms with E-state index >= 15 is 0 Å². The molecule has 0 aromatic carbocycles. The minimum atomic E-state index is 0.676. The molecule has 0 aliphatic heterocycles. The Kier molecular flexibility index (Phi) is 7.51. The van der Waals surface area contributed by atoms with E-state index < -0.39 is 0 Å². The van der Waals surface area contributed by atoms with Gasteiger partial charge in [0.1, 0.15) is 0 Å². The Morgan fingerprint density at radius 3 is 2.33 bits per heavy atom. The zero-order chi connectivity index (χ0) is 9.40. The average Bonchev–Trinajstić information content (AvgIpc) is 2.11. The minimum absolute atomic E-state index is 0.676. The van der Waals surface area contributed by atoms with Gasteiger partial charge in [-0.05, 0) is 33.0 Å². The topological polar surface area (TPSA) is 15.3 Å². The summed E-state index contributed by atoms with van der Waals surface area (Å²) in [6.45, 7) is 10.1. The molecule has 0 spiro atoms. The molecule has 2 heteroatoms. The molecule has 0 aliphatic rings.